The third-order valence-corrected chi connectivity index (χ3v) is 6.67. The number of rotatable bonds is 9. The fourth-order valence-electron chi connectivity index (χ4n) is 4.61. The van der Waals surface area contributed by atoms with Crippen LogP contribution in [0.15, 0.2) is 48.5 Å². The summed E-state index contributed by atoms with van der Waals surface area (Å²) in [7, 11) is 5.85. The first-order valence-corrected chi connectivity index (χ1v) is 12.3. The highest BCUT2D eigenvalue weighted by atomic mass is 16.2. The minimum Gasteiger partial charge on any atom is -0.350 e. The largest absolute Gasteiger partial charge is 0.350 e. The predicted molar refractivity (Wildman–Crippen MR) is 141 cm³/mol. The average Bonchev–Trinajstić information content (AvgIpc) is 3.29. The molecule has 0 unspecified atom stereocenters. The van der Waals surface area contributed by atoms with Crippen molar-refractivity contribution in [1.29, 1.82) is 0 Å². The Hall–Kier alpha value is -3.65. The van der Waals surface area contributed by atoms with Crippen molar-refractivity contribution in [2.24, 2.45) is 0 Å². The molecule has 0 saturated carbocycles. The van der Waals surface area contributed by atoms with Crippen molar-refractivity contribution in [3.63, 3.8) is 0 Å². The zero-order valence-corrected chi connectivity index (χ0v) is 21.7. The number of hydrogen-bond donors (Lipinski definition) is 2. The summed E-state index contributed by atoms with van der Waals surface area (Å²) in [4.78, 5) is 46.8. The van der Waals surface area contributed by atoms with E-state index < -0.39 is 5.54 Å². The Morgan fingerprint density at radius 1 is 0.972 bits per heavy atom. The molecule has 0 aliphatic carbocycles. The number of urea groups is 1. The summed E-state index contributed by atoms with van der Waals surface area (Å²) in [6.45, 7) is 5.06. The lowest BCUT2D eigenvalue weighted by molar-refractivity contribution is -0.130. The summed E-state index contributed by atoms with van der Waals surface area (Å²) in [5.74, 6) is -0.261. The van der Waals surface area contributed by atoms with Crippen LogP contribution in [-0.2, 0) is 24.2 Å². The van der Waals surface area contributed by atoms with Gasteiger partial charge in [0.2, 0.25) is 0 Å². The van der Waals surface area contributed by atoms with E-state index in [9.17, 15) is 14.4 Å². The Balaban J connectivity index is 1.59. The summed E-state index contributed by atoms with van der Waals surface area (Å²) >= 11 is 0. The minimum atomic E-state index is -0.873. The number of aromatic amines is 1. The van der Waals surface area contributed by atoms with Gasteiger partial charge in [-0.1, -0.05) is 36.4 Å². The Morgan fingerprint density at radius 3 is 2.33 bits per heavy atom. The SMILES string of the molecule is CN(C)CCc1c(C(=O)N(C)Cc2ccccc2)[nH]c2ccc(CCN3C(=O)NC(C)(C)C3=O)cc12. The normalized spacial score (nSPS) is 15.1. The van der Waals surface area contributed by atoms with E-state index in [1.54, 1.807) is 18.7 Å². The van der Waals surface area contributed by atoms with E-state index >= 15 is 0 Å². The maximum atomic E-state index is 13.5. The number of imide groups is 1. The number of nitrogens with one attached hydrogen (secondary N) is 2. The van der Waals surface area contributed by atoms with Gasteiger partial charge in [0.25, 0.3) is 11.8 Å². The lowest BCUT2D eigenvalue weighted by Gasteiger charge is -2.18. The van der Waals surface area contributed by atoms with Gasteiger partial charge in [-0.2, -0.15) is 0 Å². The van der Waals surface area contributed by atoms with Crippen LogP contribution in [0.25, 0.3) is 10.9 Å². The molecule has 2 aromatic carbocycles. The fourth-order valence-corrected chi connectivity index (χ4v) is 4.61. The molecule has 0 atom stereocenters. The van der Waals surface area contributed by atoms with Crippen molar-refractivity contribution >= 4 is 28.7 Å². The Morgan fingerprint density at radius 2 is 1.69 bits per heavy atom. The van der Waals surface area contributed by atoms with E-state index in [1.807, 2.05) is 63.6 Å². The molecule has 3 aromatic rings. The lowest BCUT2D eigenvalue weighted by atomic mass is 10.0. The maximum Gasteiger partial charge on any atom is 0.325 e. The number of carbonyl (C=O) groups is 3. The van der Waals surface area contributed by atoms with Crippen LogP contribution < -0.4 is 5.32 Å². The number of amides is 4. The van der Waals surface area contributed by atoms with Gasteiger partial charge >= 0.3 is 6.03 Å². The van der Waals surface area contributed by atoms with Crippen molar-refractivity contribution in [3.05, 3.63) is 70.9 Å². The van der Waals surface area contributed by atoms with E-state index in [0.29, 0.717) is 25.2 Å². The molecule has 4 amide bonds. The summed E-state index contributed by atoms with van der Waals surface area (Å²) in [6, 6.07) is 15.6. The van der Waals surface area contributed by atoms with Crippen molar-refractivity contribution in [2.45, 2.75) is 38.8 Å². The van der Waals surface area contributed by atoms with Crippen LogP contribution in [0.2, 0.25) is 0 Å². The fraction of sp³-hybridized carbons (Fsp3) is 0.393. The standard InChI is InChI=1S/C28H35N5O3/c1-28(2)26(35)33(27(36)30-28)16-13-19-11-12-23-22(17-19)21(14-15-31(3)4)24(29-23)25(34)32(5)18-20-9-7-6-8-10-20/h6-12,17,29H,13-16,18H2,1-5H3,(H,30,36). The summed E-state index contributed by atoms with van der Waals surface area (Å²) in [6.07, 6.45) is 1.26. The molecule has 8 heteroatoms. The van der Waals surface area contributed by atoms with Gasteiger partial charge in [0.15, 0.2) is 0 Å². The van der Waals surface area contributed by atoms with Crippen molar-refractivity contribution in [2.75, 3.05) is 34.2 Å². The van der Waals surface area contributed by atoms with Crippen molar-refractivity contribution < 1.29 is 14.4 Å². The first-order chi connectivity index (χ1) is 17.1. The second-order valence-corrected chi connectivity index (χ2v) is 10.3. The molecule has 1 aromatic heterocycles. The van der Waals surface area contributed by atoms with Crippen LogP contribution >= 0.6 is 0 Å². The maximum absolute atomic E-state index is 13.5. The van der Waals surface area contributed by atoms with Crippen LogP contribution in [0.5, 0.6) is 0 Å². The van der Waals surface area contributed by atoms with Gasteiger partial charge in [0, 0.05) is 37.6 Å². The second-order valence-electron chi connectivity index (χ2n) is 10.3. The molecule has 8 nitrogen and oxygen atoms in total. The predicted octanol–water partition coefficient (Wildman–Crippen LogP) is 3.42. The molecule has 1 aliphatic rings. The first-order valence-electron chi connectivity index (χ1n) is 12.3. The molecular formula is C28H35N5O3. The minimum absolute atomic E-state index is 0.0491. The molecule has 1 aliphatic heterocycles. The van der Waals surface area contributed by atoms with Gasteiger partial charge in [0.1, 0.15) is 11.2 Å². The lowest BCUT2D eigenvalue weighted by Crippen LogP contribution is -2.40. The molecule has 4 rings (SSSR count). The van der Waals surface area contributed by atoms with Gasteiger partial charge < -0.3 is 20.1 Å². The molecule has 1 fully saturated rings. The Bertz CT molecular complexity index is 1280. The summed E-state index contributed by atoms with van der Waals surface area (Å²) < 4.78 is 0. The number of carbonyl (C=O) groups excluding carboxylic acids is 3. The summed E-state index contributed by atoms with van der Waals surface area (Å²) in [5, 5.41) is 3.73. The smallest absolute Gasteiger partial charge is 0.325 e. The molecule has 190 valence electrons. The first kappa shape index (κ1) is 25.4. The molecule has 2 N–H and O–H groups in total. The molecular weight excluding hydrogens is 454 g/mol. The van der Waals surface area contributed by atoms with Crippen molar-refractivity contribution in [1.82, 2.24) is 25.0 Å². The zero-order chi connectivity index (χ0) is 26.0. The number of aromatic nitrogens is 1. The highest BCUT2D eigenvalue weighted by molar-refractivity contribution is 6.06. The highest BCUT2D eigenvalue weighted by Crippen LogP contribution is 2.27. The number of H-pyrrole nitrogens is 1. The van der Waals surface area contributed by atoms with Crippen LogP contribution in [0, 0.1) is 0 Å². The van der Waals surface area contributed by atoms with E-state index in [4.69, 9.17) is 0 Å². The quantitative estimate of drug-likeness (QED) is 0.451. The molecule has 0 spiro atoms. The third-order valence-electron chi connectivity index (χ3n) is 6.67. The van der Waals surface area contributed by atoms with Gasteiger partial charge in [-0.3, -0.25) is 14.5 Å². The average molecular weight is 490 g/mol. The van der Waals surface area contributed by atoms with E-state index in [2.05, 4.69) is 21.3 Å². The number of nitrogens with zero attached hydrogens (tertiary/aromatic N) is 3. The highest BCUT2D eigenvalue weighted by Gasteiger charge is 2.43. The Kier molecular flexibility index (Phi) is 7.17. The van der Waals surface area contributed by atoms with E-state index in [-0.39, 0.29) is 17.8 Å². The number of hydrogen-bond acceptors (Lipinski definition) is 4. The van der Waals surface area contributed by atoms with Gasteiger partial charge in [-0.25, -0.2) is 4.79 Å². The van der Waals surface area contributed by atoms with Crippen LogP contribution in [0.1, 0.15) is 41.0 Å². The van der Waals surface area contributed by atoms with Crippen LogP contribution in [0.4, 0.5) is 4.79 Å². The van der Waals surface area contributed by atoms with Gasteiger partial charge in [0.05, 0.1) is 0 Å². The van der Waals surface area contributed by atoms with E-state index in [0.717, 1.165) is 40.6 Å². The number of fused-ring (bicyclic) bond motifs is 1. The van der Waals surface area contributed by atoms with Crippen molar-refractivity contribution in [3.8, 4) is 0 Å². The molecule has 1 saturated heterocycles. The molecule has 2 heterocycles. The zero-order valence-electron chi connectivity index (χ0n) is 21.7. The van der Waals surface area contributed by atoms with Gasteiger partial charge in [-0.15, -0.1) is 0 Å². The number of benzene rings is 2. The molecule has 0 radical (unpaired) electrons. The van der Waals surface area contributed by atoms with Crippen LogP contribution in [-0.4, -0.2) is 77.3 Å². The number of likely N-dealkylation sites (N-methyl/N-ethyl adjacent to an activating group) is 1. The van der Waals surface area contributed by atoms with Crippen LogP contribution in [0.3, 0.4) is 0 Å². The third kappa shape index (κ3) is 5.28. The second kappa shape index (κ2) is 10.1. The van der Waals surface area contributed by atoms with E-state index in [1.165, 1.54) is 4.90 Å². The molecule has 36 heavy (non-hydrogen) atoms. The molecule has 0 bridgehead atoms. The Labute approximate surface area is 212 Å². The topological polar surface area (TPSA) is 88.8 Å². The summed E-state index contributed by atoms with van der Waals surface area (Å²) in [5.41, 5.74) is 3.71. The van der Waals surface area contributed by atoms with Gasteiger partial charge in [-0.05, 0) is 69.6 Å². The monoisotopic (exact) mass is 489 g/mol.